The van der Waals surface area contributed by atoms with E-state index < -0.39 is 29.8 Å². The lowest BCUT2D eigenvalue weighted by atomic mass is 10.1. The highest BCUT2D eigenvalue weighted by molar-refractivity contribution is 6.38. The van der Waals surface area contributed by atoms with Gasteiger partial charge in [-0.25, -0.2) is 9.18 Å². The molecule has 1 aromatic heterocycles. The number of Topliss-reactive ketones (excluding diaryl/α,β-unsaturated/α-hetero) is 2. The van der Waals surface area contributed by atoms with Gasteiger partial charge in [0.1, 0.15) is 5.82 Å². The number of esters is 1. The Morgan fingerprint density at radius 2 is 2.06 bits per heavy atom. The van der Waals surface area contributed by atoms with Gasteiger partial charge in [-0.15, -0.1) is 0 Å². The molecule has 0 bridgehead atoms. The van der Waals surface area contributed by atoms with Crippen molar-refractivity contribution in [1.82, 2.24) is 4.98 Å². The molecule has 0 aliphatic carbocycles. The Labute approximate surface area is 96.6 Å². The first kappa shape index (κ1) is 13.0. The van der Waals surface area contributed by atoms with Crippen molar-refractivity contribution >= 4 is 17.5 Å². The highest BCUT2D eigenvalue weighted by Gasteiger charge is 2.20. The second-order valence-corrected chi connectivity index (χ2v) is 3.14. The van der Waals surface area contributed by atoms with Crippen molar-refractivity contribution < 1.29 is 23.5 Å². The number of rotatable bonds is 5. The fourth-order valence-electron chi connectivity index (χ4n) is 1.10. The van der Waals surface area contributed by atoms with Gasteiger partial charge in [0.15, 0.2) is 5.78 Å². The Morgan fingerprint density at radius 1 is 1.35 bits per heavy atom. The Bertz CT molecular complexity index is 459. The number of aromatic nitrogens is 1. The number of halogens is 1. The third-order valence-corrected chi connectivity index (χ3v) is 1.85. The molecule has 1 heterocycles. The zero-order chi connectivity index (χ0) is 12.8. The monoisotopic (exact) mass is 239 g/mol. The molecule has 0 saturated carbocycles. The van der Waals surface area contributed by atoms with Gasteiger partial charge in [-0.05, 0) is 13.0 Å². The minimum Gasteiger partial charge on any atom is -0.460 e. The Morgan fingerprint density at radius 3 is 2.65 bits per heavy atom. The van der Waals surface area contributed by atoms with Crippen LogP contribution in [0.5, 0.6) is 0 Å². The summed E-state index contributed by atoms with van der Waals surface area (Å²) in [4.78, 5) is 37.1. The number of carbonyl (C=O) groups excluding carboxylic acids is 3. The summed E-state index contributed by atoms with van der Waals surface area (Å²) in [7, 11) is 0. The molecule has 1 rings (SSSR count). The van der Waals surface area contributed by atoms with E-state index in [-0.39, 0.29) is 12.2 Å². The van der Waals surface area contributed by atoms with Gasteiger partial charge < -0.3 is 4.74 Å². The Balaban J connectivity index is 2.67. The third-order valence-electron chi connectivity index (χ3n) is 1.85. The molecule has 0 unspecified atom stereocenters. The van der Waals surface area contributed by atoms with Crippen molar-refractivity contribution in [3.8, 4) is 0 Å². The maximum Gasteiger partial charge on any atom is 0.375 e. The van der Waals surface area contributed by atoms with Crippen molar-refractivity contribution in [3.63, 3.8) is 0 Å². The topological polar surface area (TPSA) is 73.3 Å². The molecule has 0 aromatic carbocycles. The molecule has 1 aromatic rings. The highest BCUT2D eigenvalue weighted by Crippen LogP contribution is 2.05. The maximum absolute atomic E-state index is 12.8. The molecule has 0 fully saturated rings. The summed E-state index contributed by atoms with van der Waals surface area (Å²) in [5.74, 6) is -3.37. The van der Waals surface area contributed by atoms with Gasteiger partial charge in [0.05, 0.1) is 19.2 Å². The van der Waals surface area contributed by atoms with Crippen LogP contribution in [-0.4, -0.2) is 29.1 Å². The standard InChI is InChI=1S/C11H10FNO4/c1-2-17-11(16)10(15)4-9(14)7-3-8(12)6-13-5-7/h3,5-6H,2,4H2,1H3. The first-order valence-corrected chi connectivity index (χ1v) is 4.88. The van der Waals surface area contributed by atoms with Crippen LogP contribution in [0.25, 0.3) is 0 Å². The second-order valence-electron chi connectivity index (χ2n) is 3.14. The smallest absolute Gasteiger partial charge is 0.375 e. The average molecular weight is 239 g/mol. The van der Waals surface area contributed by atoms with Crippen LogP contribution in [0.1, 0.15) is 23.7 Å². The van der Waals surface area contributed by atoms with Crippen molar-refractivity contribution in [2.45, 2.75) is 13.3 Å². The first-order valence-electron chi connectivity index (χ1n) is 4.88. The first-order chi connectivity index (χ1) is 8.04. The van der Waals surface area contributed by atoms with Crippen molar-refractivity contribution in [2.24, 2.45) is 0 Å². The molecule has 0 aliphatic rings. The van der Waals surface area contributed by atoms with E-state index in [1.54, 1.807) is 6.92 Å². The fraction of sp³-hybridized carbons (Fsp3) is 0.273. The number of ketones is 2. The summed E-state index contributed by atoms with van der Waals surface area (Å²) in [6.45, 7) is 1.60. The van der Waals surface area contributed by atoms with Gasteiger partial charge in [-0.2, -0.15) is 0 Å². The van der Waals surface area contributed by atoms with Crippen LogP contribution in [0, 0.1) is 5.82 Å². The minimum atomic E-state index is -1.06. The average Bonchev–Trinajstić information content (AvgIpc) is 2.29. The van der Waals surface area contributed by atoms with Crippen LogP contribution in [-0.2, 0) is 14.3 Å². The molecular weight excluding hydrogens is 229 g/mol. The predicted molar refractivity (Wildman–Crippen MR) is 54.8 cm³/mol. The van der Waals surface area contributed by atoms with Gasteiger partial charge in [0, 0.05) is 11.8 Å². The lowest BCUT2D eigenvalue weighted by Crippen LogP contribution is -2.20. The molecule has 0 N–H and O–H groups in total. The number of nitrogens with zero attached hydrogens (tertiary/aromatic N) is 1. The van der Waals surface area contributed by atoms with Crippen molar-refractivity contribution in [3.05, 3.63) is 29.8 Å². The molecule has 0 spiro atoms. The summed E-state index contributed by atoms with van der Waals surface area (Å²) in [5, 5.41) is 0. The number of ether oxygens (including phenoxy) is 1. The van der Waals surface area contributed by atoms with Gasteiger partial charge in [0.2, 0.25) is 5.78 Å². The highest BCUT2D eigenvalue weighted by atomic mass is 19.1. The maximum atomic E-state index is 12.8. The van der Waals surface area contributed by atoms with Gasteiger partial charge in [-0.1, -0.05) is 0 Å². The van der Waals surface area contributed by atoms with Crippen molar-refractivity contribution in [2.75, 3.05) is 6.61 Å². The lowest BCUT2D eigenvalue weighted by Gasteiger charge is -2.00. The largest absolute Gasteiger partial charge is 0.460 e. The Kier molecular flexibility index (Phi) is 4.45. The van der Waals surface area contributed by atoms with Crippen LogP contribution in [0.15, 0.2) is 18.5 Å². The summed E-state index contributed by atoms with van der Waals surface area (Å²) in [6, 6.07) is 0.952. The number of carbonyl (C=O) groups is 3. The van der Waals surface area contributed by atoms with E-state index in [9.17, 15) is 18.8 Å². The van der Waals surface area contributed by atoms with E-state index in [1.807, 2.05) is 0 Å². The van der Waals surface area contributed by atoms with Crippen LogP contribution < -0.4 is 0 Å². The molecule has 6 heteroatoms. The summed E-state index contributed by atoms with van der Waals surface area (Å²) in [6.07, 6.45) is 1.41. The van der Waals surface area contributed by atoms with E-state index in [2.05, 4.69) is 9.72 Å². The van der Waals surface area contributed by atoms with E-state index in [0.29, 0.717) is 0 Å². The molecule has 5 nitrogen and oxygen atoms in total. The third kappa shape index (κ3) is 3.75. The quantitative estimate of drug-likeness (QED) is 0.330. The van der Waals surface area contributed by atoms with Crippen LogP contribution in [0.2, 0.25) is 0 Å². The molecule has 0 aliphatic heterocycles. The summed E-state index contributed by atoms with van der Waals surface area (Å²) >= 11 is 0. The van der Waals surface area contributed by atoms with E-state index in [4.69, 9.17) is 0 Å². The molecule has 0 atom stereocenters. The Hall–Kier alpha value is -2.11. The van der Waals surface area contributed by atoms with Crippen LogP contribution >= 0.6 is 0 Å². The molecule has 90 valence electrons. The van der Waals surface area contributed by atoms with Crippen molar-refractivity contribution in [1.29, 1.82) is 0 Å². The molecule has 0 radical (unpaired) electrons. The molecule has 17 heavy (non-hydrogen) atoms. The SMILES string of the molecule is CCOC(=O)C(=O)CC(=O)c1cncc(F)c1. The van der Waals surface area contributed by atoms with Gasteiger partial charge in [-0.3, -0.25) is 14.6 Å². The van der Waals surface area contributed by atoms with E-state index in [1.165, 1.54) is 0 Å². The summed E-state index contributed by atoms with van der Waals surface area (Å²) in [5.41, 5.74) is -0.0531. The zero-order valence-electron chi connectivity index (χ0n) is 9.10. The number of hydrogen-bond donors (Lipinski definition) is 0. The van der Waals surface area contributed by atoms with E-state index >= 15 is 0 Å². The van der Waals surface area contributed by atoms with Crippen LogP contribution in [0.4, 0.5) is 4.39 Å². The molecular formula is C11H10FNO4. The van der Waals surface area contributed by atoms with Gasteiger partial charge in [0.25, 0.3) is 0 Å². The zero-order valence-corrected chi connectivity index (χ0v) is 9.10. The normalized spacial score (nSPS) is 9.76. The fourth-order valence-corrected chi connectivity index (χ4v) is 1.10. The summed E-state index contributed by atoms with van der Waals surface area (Å²) < 4.78 is 17.2. The van der Waals surface area contributed by atoms with Crippen LogP contribution in [0.3, 0.4) is 0 Å². The van der Waals surface area contributed by atoms with Gasteiger partial charge >= 0.3 is 5.97 Å². The minimum absolute atomic E-state index is 0.0531. The molecule has 0 saturated heterocycles. The van der Waals surface area contributed by atoms with E-state index in [0.717, 1.165) is 18.5 Å². The molecule has 0 amide bonds. The number of pyridine rings is 1. The lowest BCUT2D eigenvalue weighted by molar-refractivity contribution is -0.153. The second kappa shape index (κ2) is 5.83. The number of hydrogen-bond acceptors (Lipinski definition) is 5. The predicted octanol–water partition coefficient (Wildman–Crippen LogP) is 0.926.